The highest BCUT2D eigenvalue weighted by molar-refractivity contribution is 5.95. The molecule has 1 heterocycles. The molecule has 0 amide bonds. The largest absolute Gasteiger partial charge is 0.368 e. The van der Waals surface area contributed by atoms with Gasteiger partial charge in [0.1, 0.15) is 0 Å². The second kappa shape index (κ2) is 4.10. The SMILES string of the molecule is CC(=O)c1cccc(-c2ccnc(N)n2)c1. The molecule has 0 saturated heterocycles. The van der Waals surface area contributed by atoms with Gasteiger partial charge in [-0.1, -0.05) is 18.2 Å². The van der Waals surface area contributed by atoms with Gasteiger partial charge in [0.25, 0.3) is 0 Å². The summed E-state index contributed by atoms with van der Waals surface area (Å²) in [5, 5.41) is 0. The number of aromatic nitrogens is 2. The van der Waals surface area contributed by atoms with Gasteiger partial charge in [0.05, 0.1) is 5.69 Å². The van der Waals surface area contributed by atoms with Crippen molar-refractivity contribution in [3.63, 3.8) is 0 Å². The summed E-state index contributed by atoms with van der Waals surface area (Å²) in [6, 6.07) is 9.04. The fourth-order valence-corrected chi connectivity index (χ4v) is 1.43. The summed E-state index contributed by atoms with van der Waals surface area (Å²) in [5.41, 5.74) is 7.75. The van der Waals surface area contributed by atoms with Gasteiger partial charge in [0.2, 0.25) is 5.95 Å². The Morgan fingerprint density at radius 3 is 2.81 bits per heavy atom. The van der Waals surface area contributed by atoms with Gasteiger partial charge in [-0.15, -0.1) is 0 Å². The molecule has 2 N–H and O–H groups in total. The predicted octanol–water partition coefficient (Wildman–Crippen LogP) is 1.93. The normalized spacial score (nSPS) is 10.1. The number of anilines is 1. The summed E-state index contributed by atoms with van der Waals surface area (Å²) in [5.74, 6) is 0.259. The molecule has 0 aliphatic carbocycles. The Balaban J connectivity index is 2.48. The van der Waals surface area contributed by atoms with E-state index >= 15 is 0 Å². The fourth-order valence-electron chi connectivity index (χ4n) is 1.43. The highest BCUT2D eigenvalue weighted by Crippen LogP contribution is 2.18. The molecule has 4 heteroatoms. The van der Waals surface area contributed by atoms with Gasteiger partial charge in [-0.05, 0) is 19.1 Å². The molecule has 0 bridgehead atoms. The van der Waals surface area contributed by atoms with Crippen molar-refractivity contribution in [1.29, 1.82) is 0 Å². The molecule has 2 aromatic rings. The quantitative estimate of drug-likeness (QED) is 0.774. The van der Waals surface area contributed by atoms with E-state index in [1.807, 2.05) is 12.1 Å². The first-order chi connectivity index (χ1) is 7.66. The zero-order valence-corrected chi connectivity index (χ0v) is 8.84. The van der Waals surface area contributed by atoms with Crippen LogP contribution in [0, 0.1) is 0 Å². The average molecular weight is 213 g/mol. The molecule has 1 aromatic heterocycles. The van der Waals surface area contributed by atoms with Crippen LogP contribution in [0.1, 0.15) is 17.3 Å². The summed E-state index contributed by atoms with van der Waals surface area (Å²) < 4.78 is 0. The van der Waals surface area contributed by atoms with Gasteiger partial charge in [0, 0.05) is 17.3 Å². The van der Waals surface area contributed by atoms with Crippen molar-refractivity contribution in [3.05, 3.63) is 42.1 Å². The molecule has 16 heavy (non-hydrogen) atoms. The second-order valence-electron chi connectivity index (χ2n) is 3.44. The van der Waals surface area contributed by atoms with Crippen LogP contribution in [-0.4, -0.2) is 15.8 Å². The van der Waals surface area contributed by atoms with Crippen LogP contribution in [-0.2, 0) is 0 Å². The van der Waals surface area contributed by atoms with Crippen molar-refractivity contribution in [3.8, 4) is 11.3 Å². The van der Waals surface area contributed by atoms with Gasteiger partial charge in [-0.2, -0.15) is 0 Å². The Morgan fingerprint density at radius 2 is 2.12 bits per heavy atom. The van der Waals surface area contributed by atoms with Gasteiger partial charge in [0.15, 0.2) is 5.78 Å². The van der Waals surface area contributed by atoms with Crippen LogP contribution in [0.2, 0.25) is 0 Å². The summed E-state index contributed by atoms with van der Waals surface area (Å²) in [6.45, 7) is 1.54. The van der Waals surface area contributed by atoms with Crippen molar-refractivity contribution >= 4 is 11.7 Å². The van der Waals surface area contributed by atoms with E-state index in [0.717, 1.165) is 11.3 Å². The standard InChI is InChI=1S/C12H11N3O/c1-8(16)9-3-2-4-10(7-9)11-5-6-14-12(13)15-11/h2-7H,1H3,(H2,13,14,15). The second-order valence-corrected chi connectivity index (χ2v) is 3.44. The number of nitrogens with two attached hydrogens (primary N) is 1. The molecule has 1 aromatic carbocycles. The number of carbonyl (C=O) groups is 1. The summed E-state index contributed by atoms with van der Waals surface area (Å²) in [4.78, 5) is 19.2. The number of carbonyl (C=O) groups excluding carboxylic acids is 1. The molecule has 0 saturated carbocycles. The Morgan fingerprint density at radius 1 is 1.31 bits per heavy atom. The van der Waals surface area contributed by atoms with E-state index in [1.54, 1.807) is 24.4 Å². The Bertz CT molecular complexity index is 537. The lowest BCUT2D eigenvalue weighted by atomic mass is 10.1. The topological polar surface area (TPSA) is 68.9 Å². The third kappa shape index (κ3) is 2.06. The molecular formula is C12H11N3O. The average Bonchev–Trinajstić information content (AvgIpc) is 2.29. The molecule has 0 unspecified atom stereocenters. The minimum atomic E-state index is 0.0314. The van der Waals surface area contributed by atoms with Crippen molar-refractivity contribution in [1.82, 2.24) is 9.97 Å². The number of nitrogens with zero attached hydrogens (tertiary/aromatic N) is 2. The lowest BCUT2D eigenvalue weighted by Crippen LogP contribution is -1.96. The first-order valence-corrected chi connectivity index (χ1v) is 4.87. The number of rotatable bonds is 2. The number of benzene rings is 1. The summed E-state index contributed by atoms with van der Waals surface area (Å²) in [7, 11) is 0. The fraction of sp³-hybridized carbons (Fsp3) is 0.0833. The van der Waals surface area contributed by atoms with Crippen LogP contribution in [0.4, 0.5) is 5.95 Å². The van der Waals surface area contributed by atoms with Gasteiger partial charge >= 0.3 is 0 Å². The number of Topliss-reactive ketones (excluding diaryl/α,β-unsaturated/α-hetero) is 1. The van der Waals surface area contributed by atoms with Crippen LogP contribution in [0.25, 0.3) is 11.3 Å². The molecule has 0 spiro atoms. The molecule has 0 fully saturated rings. The van der Waals surface area contributed by atoms with E-state index in [0.29, 0.717) is 5.56 Å². The number of ketones is 1. The lowest BCUT2D eigenvalue weighted by Gasteiger charge is -2.02. The van der Waals surface area contributed by atoms with Crippen molar-refractivity contribution < 1.29 is 4.79 Å². The smallest absolute Gasteiger partial charge is 0.220 e. The molecule has 4 nitrogen and oxygen atoms in total. The maximum Gasteiger partial charge on any atom is 0.220 e. The molecule has 2 rings (SSSR count). The predicted molar refractivity (Wildman–Crippen MR) is 61.9 cm³/mol. The summed E-state index contributed by atoms with van der Waals surface area (Å²) >= 11 is 0. The minimum Gasteiger partial charge on any atom is -0.368 e. The lowest BCUT2D eigenvalue weighted by molar-refractivity contribution is 0.101. The first kappa shape index (κ1) is 10.3. The molecule has 0 atom stereocenters. The highest BCUT2D eigenvalue weighted by atomic mass is 16.1. The van der Waals surface area contributed by atoms with Crippen LogP contribution in [0.5, 0.6) is 0 Å². The molecule has 0 radical (unpaired) electrons. The van der Waals surface area contributed by atoms with Crippen LogP contribution < -0.4 is 5.73 Å². The van der Waals surface area contributed by atoms with Gasteiger partial charge in [-0.3, -0.25) is 4.79 Å². The zero-order chi connectivity index (χ0) is 11.5. The number of hydrogen-bond donors (Lipinski definition) is 1. The van der Waals surface area contributed by atoms with E-state index in [4.69, 9.17) is 5.73 Å². The zero-order valence-electron chi connectivity index (χ0n) is 8.84. The van der Waals surface area contributed by atoms with E-state index in [1.165, 1.54) is 6.92 Å². The monoisotopic (exact) mass is 213 g/mol. The van der Waals surface area contributed by atoms with Crippen LogP contribution in [0.3, 0.4) is 0 Å². The Hall–Kier alpha value is -2.23. The first-order valence-electron chi connectivity index (χ1n) is 4.87. The van der Waals surface area contributed by atoms with E-state index in [2.05, 4.69) is 9.97 Å². The van der Waals surface area contributed by atoms with Crippen molar-refractivity contribution in [2.75, 3.05) is 5.73 Å². The maximum atomic E-state index is 11.2. The molecule has 0 aliphatic rings. The van der Waals surface area contributed by atoms with Crippen LogP contribution >= 0.6 is 0 Å². The van der Waals surface area contributed by atoms with Crippen molar-refractivity contribution in [2.24, 2.45) is 0 Å². The Kier molecular flexibility index (Phi) is 2.64. The highest BCUT2D eigenvalue weighted by Gasteiger charge is 2.03. The van der Waals surface area contributed by atoms with Gasteiger partial charge < -0.3 is 5.73 Å². The number of nitrogen functional groups attached to an aromatic ring is 1. The third-order valence-corrected chi connectivity index (χ3v) is 2.24. The minimum absolute atomic E-state index is 0.0314. The van der Waals surface area contributed by atoms with E-state index in [9.17, 15) is 4.79 Å². The Labute approximate surface area is 93.2 Å². The van der Waals surface area contributed by atoms with E-state index < -0.39 is 0 Å². The molecular weight excluding hydrogens is 202 g/mol. The van der Waals surface area contributed by atoms with Gasteiger partial charge in [-0.25, -0.2) is 9.97 Å². The maximum absolute atomic E-state index is 11.2. The van der Waals surface area contributed by atoms with Crippen molar-refractivity contribution in [2.45, 2.75) is 6.92 Å². The summed E-state index contributed by atoms with van der Waals surface area (Å²) in [6.07, 6.45) is 1.60. The van der Waals surface area contributed by atoms with E-state index in [-0.39, 0.29) is 11.7 Å². The number of hydrogen-bond acceptors (Lipinski definition) is 4. The molecule has 80 valence electrons. The molecule has 0 aliphatic heterocycles. The van der Waals surface area contributed by atoms with Crippen LogP contribution in [0.15, 0.2) is 36.5 Å². The third-order valence-electron chi connectivity index (χ3n) is 2.24.